The zero-order valence-electron chi connectivity index (χ0n) is 9.89. The second-order valence-corrected chi connectivity index (χ2v) is 3.74. The molecule has 1 aromatic carbocycles. The molecule has 0 radical (unpaired) electrons. The molecule has 1 aromatic rings. The van der Waals surface area contributed by atoms with E-state index >= 15 is 0 Å². The van der Waals surface area contributed by atoms with Crippen LogP contribution in [0, 0.1) is 0 Å². The molecule has 0 fully saturated rings. The zero-order valence-corrected chi connectivity index (χ0v) is 9.89. The molecule has 0 heterocycles. The highest BCUT2D eigenvalue weighted by molar-refractivity contribution is 5.73. The van der Waals surface area contributed by atoms with Gasteiger partial charge in [0.2, 0.25) is 0 Å². The highest BCUT2D eigenvalue weighted by atomic mass is 16.5. The molecular weight excluding hydrogens is 218 g/mol. The molecule has 0 aliphatic heterocycles. The number of ether oxygens (including phenoxy) is 1. The SMILES string of the molecule is CCC[C@@H](C=O)NC(=O)OCc1ccccc1. The van der Waals surface area contributed by atoms with Gasteiger partial charge >= 0.3 is 6.09 Å². The van der Waals surface area contributed by atoms with Gasteiger partial charge in [-0.2, -0.15) is 0 Å². The molecule has 0 spiro atoms. The van der Waals surface area contributed by atoms with Gasteiger partial charge in [0.1, 0.15) is 12.9 Å². The fourth-order valence-corrected chi connectivity index (χ4v) is 1.40. The summed E-state index contributed by atoms with van der Waals surface area (Å²) in [6.45, 7) is 2.16. The first-order valence-electron chi connectivity index (χ1n) is 5.68. The molecule has 17 heavy (non-hydrogen) atoms. The predicted molar refractivity (Wildman–Crippen MR) is 64.5 cm³/mol. The highest BCUT2D eigenvalue weighted by Crippen LogP contribution is 2.01. The second kappa shape index (κ2) is 7.44. The molecule has 0 aliphatic rings. The molecule has 0 unspecified atom stereocenters. The normalized spacial score (nSPS) is 11.6. The van der Waals surface area contributed by atoms with Crippen LogP contribution in [-0.4, -0.2) is 18.4 Å². The van der Waals surface area contributed by atoms with Crippen molar-refractivity contribution >= 4 is 12.4 Å². The number of nitrogens with one attached hydrogen (secondary N) is 1. The van der Waals surface area contributed by atoms with Crippen molar-refractivity contribution in [2.24, 2.45) is 0 Å². The summed E-state index contributed by atoms with van der Waals surface area (Å²) in [5.74, 6) is 0. The lowest BCUT2D eigenvalue weighted by Gasteiger charge is -2.11. The van der Waals surface area contributed by atoms with Gasteiger partial charge in [0.05, 0.1) is 6.04 Å². The van der Waals surface area contributed by atoms with E-state index in [4.69, 9.17) is 4.74 Å². The summed E-state index contributed by atoms with van der Waals surface area (Å²) in [4.78, 5) is 22.0. The molecule has 0 aliphatic carbocycles. The summed E-state index contributed by atoms with van der Waals surface area (Å²) < 4.78 is 5.00. The Morgan fingerprint density at radius 1 is 1.41 bits per heavy atom. The molecule has 1 N–H and O–H groups in total. The summed E-state index contributed by atoms with van der Waals surface area (Å²) in [7, 11) is 0. The van der Waals surface area contributed by atoms with Gasteiger partial charge in [0.25, 0.3) is 0 Å². The number of carbonyl (C=O) groups excluding carboxylic acids is 2. The Bertz CT molecular complexity index is 351. The summed E-state index contributed by atoms with van der Waals surface area (Å²) in [5, 5.41) is 2.51. The van der Waals surface area contributed by atoms with Crippen LogP contribution in [-0.2, 0) is 16.1 Å². The molecular formula is C13H17NO3. The topological polar surface area (TPSA) is 55.4 Å². The van der Waals surface area contributed by atoms with Crippen molar-refractivity contribution in [1.82, 2.24) is 5.32 Å². The van der Waals surface area contributed by atoms with Crippen LogP contribution in [0.1, 0.15) is 25.3 Å². The van der Waals surface area contributed by atoms with Gasteiger partial charge < -0.3 is 14.8 Å². The van der Waals surface area contributed by atoms with Gasteiger partial charge in [-0.05, 0) is 12.0 Å². The maximum absolute atomic E-state index is 11.4. The molecule has 4 nitrogen and oxygen atoms in total. The lowest BCUT2D eigenvalue weighted by molar-refractivity contribution is -0.109. The van der Waals surface area contributed by atoms with Crippen LogP contribution in [0.3, 0.4) is 0 Å². The van der Waals surface area contributed by atoms with Crippen LogP contribution in [0.5, 0.6) is 0 Å². The minimum Gasteiger partial charge on any atom is -0.445 e. The van der Waals surface area contributed by atoms with Crippen molar-refractivity contribution in [3.8, 4) is 0 Å². The van der Waals surface area contributed by atoms with Crippen molar-refractivity contribution in [2.45, 2.75) is 32.4 Å². The first-order valence-corrected chi connectivity index (χ1v) is 5.68. The van der Waals surface area contributed by atoms with Gasteiger partial charge in [-0.1, -0.05) is 43.7 Å². The van der Waals surface area contributed by atoms with Crippen molar-refractivity contribution in [3.05, 3.63) is 35.9 Å². The molecule has 1 rings (SSSR count). The Balaban J connectivity index is 2.32. The third kappa shape index (κ3) is 5.15. The fraction of sp³-hybridized carbons (Fsp3) is 0.385. The monoisotopic (exact) mass is 235 g/mol. The van der Waals surface area contributed by atoms with Gasteiger partial charge in [-0.3, -0.25) is 0 Å². The second-order valence-electron chi connectivity index (χ2n) is 3.74. The number of carbonyl (C=O) groups is 2. The Kier molecular flexibility index (Phi) is 5.79. The van der Waals surface area contributed by atoms with E-state index < -0.39 is 12.1 Å². The van der Waals surface area contributed by atoms with Gasteiger partial charge in [0.15, 0.2) is 0 Å². The van der Waals surface area contributed by atoms with E-state index in [0.29, 0.717) is 6.42 Å². The van der Waals surface area contributed by atoms with Gasteiger partial charge in [-0.25, -0.2) is 4.79 Å². The van der Waals surface area contributed by atoms with Crippen LogP contribution in [0.2, 0.25) is 0 Å². The van der Waals surface area contributed by atoms with Crippen LogP contribution >= 0.6 is 0 Å². The number of benzene rings is 1. The summed E-state index contributed by atoms with van der Waals surface area (Å²) in [5.41, 5.74) is 0.917. The lowest BCUT2D eigenvalue weighted by Crippen LogP contribution is -2.36. The average molecular weight is 235 g/mol. The highest BCUT2D eigenvalue weighted by Gasteiger charge is 2.10. The molecule has 1 atom stereocenters. The van der Waals surface area contributed by atoms with E-state index in [0.717, 1.165) is 18.3 Å². The molecule has 4 heteroatoms. The van der Waals surface area contributed by atoms with E-state index in [1.165, 1.54) is 0 Å². The molecule has 0 aromatic heterocycles. The average Bonchev–Trinajstić information content (AvgIpc) is 2.37. The summed E-state index contributed by atoms with van der Waals surface area (Å²) in [6, 6.07) is 8.94. The van der Waals surface area contributed by atoms with Crippen LogP contribution in [0.15, 0.2) is 30.3 Å². The van der Waals surface area contributed by atoms with Crippen molar-refractivity contribution in [3.63, 3.8) is 0 Å². The Morgan fingerprint density at radius 2 is 2.12 bits per heavy atom. The molecule has 1 amide bonds. The maximum Gasteiger partial charge on any atom is 0.408 e. The Morgan fingerprint density at radius 3 is 2.71 bits per heavy atom. The molecule has 0 bridgehead atoms. The largest absolute Gasteiger partial charge is 0.445 e. The quantitative estimate of drug-likeness (QED) is 0.769. The van der Waals surface area contributed by atoms with E-state index in [-0.39, 0.29) is 6.61 Å². The van der Waals surface area contributed by atoms with Gasteiger partial charge in [-0.15, -0.1) is 0 Å². The predicted octanol–water partition coefficient (Wildman–Crippen LogP) is 2.28. The maximum atomic E-state index is 11.4. The Hall–Kier alpha value is -1.84. The third-order valence-corrected chi connectivity index (χ3v) is 2.28. The van der Waals surface area contributed by atoms with Gasteiger partial charge in [0, 0.05) is 0 Å². The minimum atomic E-state index is -0.556. The van der Waals surface area contributed by atoms with Crippen molar-refractivity contribution in [1.29, 1.82) is 0 Å². The number of amides is 1. The van der Waals surface area contributed by atoms with E-state index in [1.807, 2.05) is 37.3 Å². The number of hydrogen-bond donors (Lipinski definition) is 1. The Labute approximate surface area is 101 Å². The van der Waals surface area contributed by atoms with E-state index in [2.05, 4.69) is 5.32 Å². The van der Waals surface area contributed by atoms with E-state index in [9.17, 15) is 9.59 Å². The van der Waals surface area contributed by atoms with Crippen molar-refractivity contribution < 1.29 is 14.3 Å². The zero-order chi connectivity index (χ0) is 12.5. The third-order valence-electron chi connectivity index (χ3n) is 2.28. The number of aldehydes is 1. The number of hydrogen-bond acceptors (Lipinski definition) is 3. The first-order chi connectivity index (χ1) is 8.26. The van der Waals surface area contributed by atoms with Crippen LogP contribution in [0.4, 0.5) is 4.79 Å². The number of rotatable bonds is 6. The minimum absolute atomic E-state index is 0.213. The standard InChI is InChI=1S/C13H17NO3/c1-2-6-12(9-15)14-13(16)17-10-11-7-4-3-5-8-11/h3-5,7-9,12H,2,6,10H2,1H3,(H,14,16)/t12-/m0/s1. The van der Waals surface area contributed by atoms with E-state index in [1.54, 1.807) is 0 Å². The van der Waals surface area contributed by atoms with Crippen LogP contribution in [0.25, 0.3) is 0 Å². The summed E-state index contributed by atoms with van der Waals surface area (Å²) in [6.07, 6.45) is 1.64. The van der Waals surface area contributed by atoms with Crippen molar-refractivity contribution in [2.75, 3.05) is 0 Å². The molecule has 0 saturated heterocycles. The van der Waals surface area contributed by atoms with Crippen LogP contribution < -0.4 is 5.32 Å². The molecule has 92 valence electrons. The smallest absolute Gasteiger partial charge is 0.408 e. The molecule has 0 saturated carbocycles. The first kappa shape index (κ1) is 13.2. The number of alkyl carbamates (subject to hydrolysis) is 1. The summed E-state index contributed by atoms with van der Waals surface area (Å²) >= 11 is 0. The fourth-order valence-electron chi connectivity index (χ4n) is 1.40. The lowest BCUT2D eigenvalue weighted by atomic mass is 10.2.